The molecule has 1 aromatic heterocycles. The molecular weight excluding hydrogens is 254 g/mol. The van der Waals surface area contributed by atoms with Crippen LogP contribution in [-0.4, -0.2) is 16.7 Å². The van der Waals surface area contributed by atoms with Crippen molar-refractivity contribution >= 4 is 16.5 Å². The smallest absolute Gasteiger partial charge is 0.272 e. The fraction of sp³-hybridized carbons (Fsp3) is 0.467. The Morgan fingerprint density at radius 1 is 1.00 bits per heavy atom. The topological polar surface area (TPSA) is 77.8 Å². The fourth-order valence-corrected chi connectivity index (χ4v) is 2.33. The lowest BCUT2D eigenvalue weighted by molar-refractivity contribution is 0.645. The largest absolute Gasteiger partial charge is 0.384 e. The van der Waals surface area contributed by atoms with E-state index in [2.05, 4.69) is 22.4 Å². The average molecular weight is 275 g/mol. The molecule has 1 heterocycles. The van der Waals surface area contributed by atoms with Crippen LogP contribution in [0, 0.1) is 0 Å². The van der Waals surface area contributed by atoms with E-state index in [0.29, 0.717) is 10.8 Å². The van der Waals surface area contributed by atoms with E-state index >= 15 is 0 Å². The number of fused-ring (bicyclic) bond motifs is 1. The third-order valence-electron chi connectivity index (χ3n) is 3.42. The van der Waals surface area contributed by atoms with Crippen molar-refractivity contribution in [2.45, 2.75) is 39.0 Å². The molecule has 0 fully saturated rings. The summed E-state index contributed by atoms with van der Waals surface area (Å²) in [7, 11) is 0. The minimum absolute atomic E-state index is 0.270. The van der Waals surface area contributed by atoms with Gasteiger partial charge in [-0.15, -0.1) is 0 Å². The standard InChI is InChI=1S/C15H21N3O2/c1-2-3-4-5-6-10-16-12-9-7-8-11-13(12)15(20)18-17-14(11)19/h7-9,16H,2-6,10H2,1H3,(H,17,19)(H,18,20). The summed E-state index contributed by atoms with van der Waals surface area (Å²) in [4.78, 5) is 23.5. The highest BCUT2D eigenvalue weighted by atomic mass is 16.1. The molecule has 0 spiro atoms. The Morgan fingerprint density at radius 2 is 1.75 bits per heavy atom. The number of benzene rings is 1. The van der Waals surface area contributed by atoms with Crippen molar-refractivity contribution in [3.05, 3.63) is 38.9 Å². The molecule has 0 amide bonds. The van der Waals surface area contributed by atoms with E-state index in [1.807, 2.05) is 6.07 Å². The van der Waals surface area contributed by atoms with Gasteiger partial charge in [0.25, 0.3) is 11.1 Å². The van der Waals surface area contributed by atoms with Crippen molar-refractivity contribution in [2.75, 3.05) is 11.9 Å². The highest BCUT2D eigenvalue weighted by Gasteiger charge is 2.07. The number of nitrogens with one attached hydrogen (secondary N) is 3. The molecule has 0 saturated carbocycles. The van der Waals surface area contributed by atoms with E-state index in [-0.39, 0.29) is 11.1 Å². The van der Waals surface area contributed by atoms with E-state index in [9.17, 15) is 9.59 Å². The number of unbranched alkanes of at least 4 members (excludes halogenated alkanes) is 4. The number of anilines is 1. The van der Waals surface area contributed by atoms with Gasteiger partial charge in [-0.3, -0.25) is 19.8 Å². The van der Waals surface area contributed by atoms with Crippen LogP contribution >= 0.6 is 0 Å². The quantitative estimate of drug-likeness (QED) is 0.680. The molecule has 5 heteroatoms. The predicted molar refractivity (Wildman–Crippen MR) is 82.4 cm³/mol. The summed E-state index contributed by atoms with van der Waals surface area (Å²) >= 11 is 0. The van der Waals surface area contributed by atoms with Gasteiger partial charge >= 0.3 is 0 Å². The van der Waals surface area contributed by atoms with Gasteiger partial charge in [-0.05, 0) is 18.6 Å². The second-order valence-electron chi connectivity index (χ2n) is 4.98. The molecule has 0 bridgehead atoms. The first kappa shape index (κ1) is 14.4. The van der Waals surface area contributed by atoms with Crippen LogP contribution in [0.15, 0.2) is 27.8 Å². The number of H-pyrrole nitrogens is 2. The molecule has 0 unspecified atom stereocenters. The predicted octanol–water partition coefficient (Wildman–Crippen LogP) is 2.60. The molecule has 2 rings (SSSR count). The van der Waals surface area contributed by atoms with Crippen LogP contribution in [0.5, 0.6) is 0 Å². The molecule has 108 valence electrons. The minimum Gasteiger partial charge on any atom is -0.384 e. The molecule has 5 nitrogen and oxygen atoms in total. The summed E-state index contributed by atoms with van der Waals surface area (Å²) in [6.45, 7) is 3.01. The summed E-state index contributed by atoms with van der Waals surface area (Å²) < 4.78 is 0. The first-order valence-electron chi connectivity index (χ1n) is 7.21. The Hall–Kier alpha value is -2.04. The highest BCUT2D eigenvalue weighted by Crippen LogP contribution is 2.16. The normalized spacial score (nSPS) is 10.8. The molecular formula is C15H21N3O2. The second kappa shape index (κ2) is 6.93. The summed E-state index contributed by atoms with van der Waals surface area (Å²) in [6.07, 6.45) is 5.99. The van der Waals surface area contributed by atoms with Gasteiger partial charge in [0, 0.05) is 12.2 Å². The Labute approximate surface area is 117 Å². The zero-order valence-electron chi connectivity index (χ0n) is 11.8. The van der Waals surface area contributed by atoms with Gasteiger partial charge < -0.3 is 5.32 Å². The summed E-state index contributed by atoms with van der Waals surface area (Å²) in [5.74, 6) is 0. The first-order valence-corrected chi connectivity index (χ1v) is 7.21. The van der Waals surface area contributed by atoms with E-state index in [1.54, 1.807) is 12.1 Å². The van der Waals surface area contributed by atoms with Crippen LogP contribution in [0.1, 0.15) is 39.0 Å². The van der Waals surface area contributed by atoms with Gasteiger partial charge in [-0.2, -0.15) is 0 Å². The molecule has 2 aromatic rings. The van der Waals surface area contributed by atoms with Gasteiger partial charge in [0.15, 0.2) is 0 Å². The lowest BCUT2D eigenvalue weighted by atomic mass is 10.1. The van der Waals surface area contributed by atoms with E-state index < -0.39 is 0 Å². The van der Waals surface area contributed by atoms with Gasteiger partial charge in [0.2, 0.25) is 0 Å². The van der Waals surface area contributed by atoms with Crippen molar-refractivity contribution in [3.8, 4) is 0 Å². The fourth-order valence-electron chi connectivity index (χ4n) is 2.33. The Bertz CT molecular complexity index is 673. The summed E-state index contributed by atoms with van der Waals surface area (Å²) in [5.41, 5.74) is 0.185. The second-order valence-corrected chi connectivity index (χ2v) is 4.98. The van der Waals surface area contributed by atoms with Crippen LogP contribution in [0.25, 0.3) is 10.8 Å². The average Bonchev–Trinajstić information content (AvgIpc) is 2.46. The lowest BCUT2D eigenvalue weighted by Crippen LogP contribution is -2.20. The maximum Gasteiger partial charge on any atom is 0.272 e. The molecule has 0 aliphatic rings. The molecule has 0 aliphatic carbocycles. The van der Waals surface area contributed by atoms with Crippen LogP contribution < -0.4 is 16.4 Å². The van der Waals surface area contributed by atoms with Crippen LogP contribution in [-0.2, 0) is 0 Å². The monoisotopic (exact) mass is 275 g/mol. The molecule has 3 N–H and O–H groups in total. The number of rotatable bonds is 7. The van der Waals surface area contributed by atoms with Crippen molar-refractivity contribution in [1.82, 2.24) is 10.2 Å². The number of aromatic nitrogens is 2. The van der Waals surface area contributed by atoms with E-state index in [4.69, 9.17) is 0 Å². The van der Waals surface area contributed by atoms with E-state index in [1.165, 1.54) is 25.7 Å². The lowest BCUT2D eigenvalue weighted by Gasteiger charge is -2.08. The Kier molecular flexibility index (Phi) is 4.98. The minimum atomic E-state index is -0.272. The molecule has 0 aliphatic heterocycles. The zero-order valence-corrected chi connectivity index (χ0v) is 11.8. The molecule has 0 atom stereocenters. The molecule has 20 heavy (non-hydrogen) atoms. The van der Waals surface area contributed by atoms with Crippen molar-refractivity contribution in [1.29, 1.82) is 0 Å². The number of hydrogen-bond donors (Lipinski definition) is 3. The maximum atomic E-state index is 11.9. The van der Waals surface area contributed by atoms with Gasteiger partial charge in [-0.1, -0.05) is 38.7 Å². The maximum absolute atomic E-state index is 11.9. The first-order chi connectivity index (χ1) is 9.74. The van der Waals surface area contributed by atoms with Crippen LogP contribution in [0.3, 0.4) is 0 Å². The Balaban J connectivity index is 2.09. The third-order valence-corrected chi connectivity index (χ3v) is 3.42. The van der Waals surface area contributed by atoms with E-state index in [0.717, 1.165) is 18.7 Å². The third kappa shape index (κ3) is 3.29. The van der Waals surface area contributed by atoms with Gasteiger partial charge in [0.1, 0.15) is 0 Å². The number of hydrogen-bond acceptors (Lipinski definition) is 3. The molecule has 0 radical (unpaired) electrons. The van der Waals surface area contributed by atoms with Crippen LogP contribution in [0.4, 0.5) is 5.69 Å². The zero-order chi connectivity index (χ0) is 14.4. The SMILES string of the molecule is CCCCCCCNc1cccc2c(=O)[nH][nH]c(=O)c12. The van der Waals surface area contributed by atoms with Crippen molar-refractivity contribution in [2.24, 2.45) is 0 Å². The highest BCUT2D eigenvalue weighted by molar-refractivity contribution is 5.92. The van der Waals surface area contributed by atoms with Crippen molar-refractivity contribution < 1.29 is 0 Å². The summed E-state index contributed by atoms with van der Waals surface area (Å²) in [6, 6.07) is 5.29. The van der Waals surface area contributed by atoms with Crippen LogP contribution in [0.2, 0.25) is 0 Å². The molecule has 1 aromatic carbocycles. The summed E-state index contributed by atoms with van der Waals surface area (Å²) in [5, 5.41) is 8.82. The van der Waals surface area contributed by atoms with Crippen molar-refractivity contribution in [3.63, 3.8) is 0 Å². The van der Waals surface area contributed by atoms with Gasteiger partial charge in [-0.25, -0.2) is 0 Å². The van der Waals surface area contributed by atoms with Gasteiger partial charge in [0.05, 0.1) is 10.8 Å². The Morgan fingerprint density at radius 3 is 2.55 bits per heavy atom. The molecule has 0 saturated heterocycles. The number of aromatic amines is 2.